The van der Waals surface area contributed by atoms with Crippen LogP contribution in [0.15, 0.2) is 191 Å². The number of nitrogens with zero attached hydrogens (tertiary/aromatic N) is 1. The van der Waals surface area contributed by atoms with Gasteiger partial charge in [0.15, 0.2) is 0 Å². The molecule has 0 fully saturated rings. The van der Waals surface area contributed by atoms with Crippen LogP contribution in [0.1, 0.15) is 36.2 Å². The highest BCUT2D eigenvalue weighted by Crippen LogP contribution is 2.44. The zero-order valence-corrected chi connectivity index (χ0v) is 29.4. The standard InChI is InChI=1S/C50H36N2O/c1-32-28-45(34-15-4-2-5-16-34)51-50(52-49(32)35-17-6-3-7-18-35)42-27-26-41(39-20-10-11-21-40(39)42)44-30-38(37-25-24-33-14-8-9-19-36(33)29-37)31-47-48(44)43-22-12-13-23-46(43)53-47/h2-27,29-31,50,52H,28H2,1H3. The Labute approximate surface area is 308 Å². The predicted molar refractivity (Wildman–Crippen MR) is 222 cm³/mol. The van der Waals surface area contributed by atoms with Crippen LogP contribution in [0.2, 0.25) is 0 Å². The summed E-state index contributed by atoms with van der Waals surface area (Å²) in [6.45, 7) is 2.22. The molecule has 0 bridgehead atoms. The lowest BCUT2D eigenvalue weighted by Crippen LogP contribution is -2.19. The van der Waals surface area contributed by atoms with Gasteiger partial charge >= 0.3 is 0 Å². The van der Waals surface area contributed by atoms with Gasteiger partial charge in [0.05, 0.1) is 0 Å². The number of allylic oxidation sites excluding steroid dienone is 1. The van der Waals surface area contributed by atoms with E-state index in [4.69, 9.17) is 9.41 Å². The molecule has 0 amide bonds. The van der Waals surface area contributed by atoms with Gasteiger partial charge in [-0.15, -0.1) is 0 Å². The summed E-state index contributed by atoms with van der Waals surface area (Å²) in [7, 11) is 0. The number of aliphatic imine (C=N–C) groups is 1. The summed E-state index contributed by atoms with van der Waals surface area (Å²) < 4.78 is 6.59. The van der Waals surface area contributed by atoms with Crippen molar-refractivity contribution in [1.29, 1.82) is 0 Å². The van der Waals surface area contributed by atoms with Gasteiger partial charge < -0.3 is 9.73 Å². The molecular weight excluding hydrogens is 645 g/mol. The van der Waals surface area contributed by atoms with Crippen molar-refractivity contribution in [2.24, 2.45) is 4.99 Å². The minimum absolute atomic E-state index is 0.296. The maximum Gasteiger partial charge on any atom is 0.145 e. The van der Waals surface area contributed by atoms with Gasteiger partial charge in [-0.05, 0) is 91.7 Å². The van der Waals surface area contributed by atoms with Gasteiger partial charge in [0.2, 0.25) is 0 Å². The number of hydrogen-bond donors (Lipinski definition) is 1. The van der Waals surface area contributed by atoms with Crippen LogP contribution >= 0.6 is 0 Å². The molecule has 3 heteroatoms. The van der Waals surface area contributed by atoms with E-state index in [1.54, 1.807) is 0 Å². The average molecular weight is 681 g/mol. The summed E-state index contributed by atoms with van der Waals surface area (Å²) in [5.74, 6) is 0. The molecule has 1 N–H and O–H groups in total. The second kappa shape index (κ2) is 12.8. The Bertz CT molecular complexity index is 2900. The van der Waals surface area contributed by atoms with Crippen molar-refractivity contribution in [2.75, 3.05) is 0 Å². The lowest BCUT2D eigenvalue weighted by atomic mass is 9.89. The van der Waals surface area contributed by atoms with Crippen molar-refractivity contribution in [3.05, 3.63) is 198 Å². The predicted octanol–water partition coefficient (Wildman–Crippen LogP) is 13.1. The highest BCUT2D eigenvalue weighted by atomic mass is 16.3. The molecule has 8 aromatic carbocycles. The molecule has 10 rings (SSSR count). The first-order valence-electron chi connectivity index (χ1n) is 18.3. The number of hydrogen-bond acceptors (Lipinski definition) is 3. The molecule has 0 spiro atoms. The van der Waals surface area contributed by atoms with Crippen molar-refractivity contribution < 1.29 is 4.42 Å². The van der Waals surface area contributed by atoms with E-state index < -0.39 is 0 Å². The Morgan fingerprint density at radius 2 is 1.19 bits per heavy atom. The van der Waals surface area contributed by atoms with Crippen molar-refractivity contribution in [2.45, 2.75) is 19.5 Å². The van der Waals surface area contributed by atoms with Crippen molar-refractivity contribution in [3.8, 4) is 22.3 Å². The van der Waals surface area contributed by atoms with Gasteiger partial charge in [0, 0.05) is 34.2 Å². The summed E-state index contributed by atoms with van der Waals surface area (Å²) in [6.07, 6.45) is 0.469. The first-order chi connectivity index (χ1) is 26.2. The second-order valence-corrected chi connectivity index (χ2v) is 14.0. The van der Waals surface area contributed by atoms with E-state index in [1.807, 2.05) is 6.07 Å². The van der Waals surface area contributed by atoms with E-state index in [9.17, 15) is 0 Å². The van der Waals surface area contributed by atoms with Crippen molar-refractivity contribution >= 4 is 54.9 Å². The third-order valence-electron chi connectivity index (χ3n) is 10.7. The third-order valence-corrected chi connectivity index (χ3v) is 10.7. The largest absolute Gasteiger partial charge is 0.456 e. The van der Waals surface area contributed by atoms with Crippen LogP contribution in [0.3, 0.4) is 0 Å². The van der Waals surface area contributed by atoms with Crippen LogP contribution < -0.4 is 5.32 Å². The molecule has 2 heterocycles. The quantitative estimate of drug-likeness (QED) is 0.196. The summed E-state index contributed by atoms with van der Waals surface area (Å²) >= 11 is 0. The molecular formula is C50H36N2O. The van der Waals surface area contributed by atoms with E-state index in [2.05, 4.69) is 182 Å². The third kappa shape index (κ3) is 5.49. The smallest absolute Gasteiger partial charge is 0.145 e. The number of furan rings is 1. The molecule has 1 aliphatic rings. The summed E-state index contributed by atoms with van der Waals surface area (Å²) in [5.41, 5.74) is 13.3. The Hall–Kier alpha value is -6.71. The van der Waals surface area contributed by atoms with Crippen LogP contribution in [-0.2, 0) is 0 Å². The highest BCUT2D eigenvalue weighted by molar-refractivity contribution is 6.17. The van der Waals surface area contributed by atoms with E-state index in [0.717, 1.165) is 67.6 Å². The van der Waals surface area contributed by atoms with Crippen LogP contribution in [0, 0.1) is 0 Å². The maximum atomic E-state index is 6.59. The van der Waals surface area contributed by atoms with Crippen molar-refractivity contribution in [1.82, 2.24) is 5.32 Å². The molecule has 1 aliphatic heterocycles. The van der Waals surface area contributed by atoms with Gasteiger partial charge in [0.25, 0.3) is 0 Å². The number of nitrogens with one attached hydrogen (secondary N) is 1. The Morgan fingerprint density at radius 3 is 2.00 bits per heavy atom. The Kier molecular flexibility index (Phi) is 7.51. The monoisotopic (exact) mass is 680 g/mol. The minimum atomic E-state index is -0.296. The van der Waals surface area contributed by atoms with Gasteiger partial charge in [-0.25, -0.2) is 0 Å². The molecule has 1 atom stereocenters. The summed E-state index contributed by atoms with van der Waals surface area (Å²) in [6, 6.07) is 62.8. The molecule has 252 valence electrons. The van der Waals surface area contributed by atoms with E-state index in [0.29, 0.717) is 0 Å². The van der Waals surface area contributed by atoms with Crippen LogP contribution in [-0.4, -0.2) is 5.71 Å². The van der Waals surface area contributed by atoms with E-state index >= 15 is 0 Å². The van der Waals surface area contributed by atoms with Crippen molar-refractivity contribution in [3.63, 3.8) is 0 Å². The molecule has 3 nitrogen and oxygen atoms in total. The zero-order chi connectivity index (χ0) is 35.3. The molecule has 0 aliphatic carbocycles. The molecule has 9 aromatic rings. The number of para-hydroxylation sites is 1. The first kappa shape index (κ1) is 31.1. The fraction of sp³-hybridized carbons (Fsp3) is 0.0600. The minimum Gasteiger partial charge on any atom is -0.456 e. The second-order valence-electron chi connectivity index (χ2n) is 14.0. The van der Waals surface area contributed by atoms with Crippen LogP contribution in [0.4, 0.5) is 0 Å². The summed E-state index contributed by atoms with van der Waals surface area (Å²) in [4.78, 5) is 5.50. The summed E-state index contributed by atoms with van der Waals surface area (Å²) in [5, 5.41) is 11.0. The Balaban J connectivity index is 1.19. The average Bonchev–Trinajstić information content (AvgIpc) is 3.51. The number of fused-ring (bicyclic) bond motifs is 5. The number of rotatable bonds is 5. The lowest BCUT2D eigenvalue weighted by molar-refractivity contribution is 0.669. The maximum absolute atomic E-state index is 6.59. The van der Waals surface area contributed by atoms with Crippen LogP contribution in [0.25, 0.3) is 71.4 Å². The van der Waals surface area contributed by atoms with E-state index in [-0.39, 0.29) is 6.17 Å². The normalized spacial score (nSPS) is 14.8. The fourth-order valence-electron chi connectivity index (χ4n) is 8.12. The highest BCUT2D eigenvalue weighted by Gasteiger charge is 2.24. The fourth-order valence-corrected chi connectivity index (χ4v) is 8.12. The van der Waals surface area contributed by atoms with Gasteiger partial charge in [-0.1, -0.05) is 152 Å². The molecule has 1 aromatic heterocycles. The SMILES string of the molecule is CC1=C(c2ccccc2)NC(c2ccc(-c3cc(-c4ccc5ccccc5c4)cc4oc5ccccc5c34)c3ccccc23)N=C(c2ccccc2)C1. The molecule has 1 unspecified atom stereocenters. The lowest BCUT2D eigenvalue weighted by Gasteiger charge is -2.22. The first-order valence-corrected chi connectivity index (χ1v) is 18.3. The van der Waals surface area contributed by atoms with Gasteiger partial charge in [-0.3, -0.25) is 4.99 Å². The topological polar surface area (TPSA) is 37.5 Å². The van der Waals surface area contributed by atoms with Crippen LogP contribution in [0.5, 0.6) is 0 Å². The van der Waals surface area contributed by atoms with Gasteiger partial charge in [-0.2, -0.15) is 0 Å². The zero-order valence-electron chi connectivity index (χ0n) is 29.4. The molecule has 0 saturated carbocycles. The Morgan fingerprint density at radius 1 is 0.509 bits per heavy atom. The number of benzene rings is 8. The molecule has 53 heavy (non-hydrogen) atoms. The molecule has 0 radical (unpaired) electrons. The van der Waals surface area contributed by atoms with E-state index in [1.165, 1.54) is 38.2 Å². The molecule has 0 saturated heterocycles. The van der Waals surface area contributed by atoms with Gasteiger partial charge in [0.1, 0.15) is 17.3 Å².